The van der Waals surface area contributed by atoms with Crippen molar-refractivity contribution in [1.29, 1.82) is 0 Å². The van der Waals surface area contributed by atoms with Gasteiger partial charge in [0.05, 0.1) is 25.2 Å². The fraction of sp³-hybridized carbons (Fsp3) is 0.357. The predicted molar refractivity (Wildman–Crippen MR) is 143 cm³/mol. The summed E-state index contributed by atoms with van der Waals surface area (Å²) in [5.41, 5.74) is 4.63. The molecule has 6 nitrogen and oxygen atoms in total. The van der Waals surface area contributed by atoms with Gasteiger partial charge in [-0.15, -0.1) is 0 Å². The van der Waals surface area contributed by atoms with E-state index in [0.29, 0.717) is 29.5 Å². The van der Waals surface area contributed by atoms with E-state index in [1.54, 1.807) is 26.4 Å². The summed E-state index contributed by atoms with van der Waals surface area (Å²) in [6.45, 7) is 5.62. The Labute approximate surface area is 219 Å². The van der Waals surface area contributed by atoms with Crippen LogP contribution in [-0.4, -0.2) is 40.1 Å². The number of nitrogens with zero attached hydrogens (tertiary/aromatic N) is 1. The quantitative estimate of drug-likeness (QED) is 0.396. The average molecular weight is 529 g/mol. The summed E-state index contributed by atoms with van der Waals surface area (Å²) in [5, 5.41) is 0.493. The van der Waals surface area contributed by atoms with Gasteiger partial charge in [-0.1, -0.05) is 42.8 Å². The molecule has 8 heteroatoms. The molecule has 0 amide bonds. The van der Waals surface area contributed by atoms with Gasteiger partial charge < -0.3 is 9.47 Å². The number of hydrogen-bond acceptors (Lipinski definition) is 5. The maximum absolute atomic E-state index is 13.4. The van der Waals surface area contributed by atoms with Gasteiger partial charge in [-0.2, -0.15) is 0 Å². The third-order valence-corrected chi connectivity index (χ3v) is 8.67. The fourth-order valence-electron chi connectivity index (χ4n) is 4.94. The first-order chi connectivity index (χ1) is 17.3. The van der Waals surface area contributed by atoms with Crippen molar-refractivity contribution >= 4 is 21.6 Å². The predicted octanol–water partition coefficient (Wildman–Crippen LogP) is 5.52. The standard InChI is InChI=1S/C28H33ClN2O4S/c1-5-25(30-36(32,33)23-12-10-22(29)11-13-23)28-24-17-27(35-4)26(34-3)16-20(24)14-15-31(28)18-21-9-7-6-8-19(21)2/h6-13,16-17,25,28,30H,5,14-15,18H2,1-4H3. The van der Waals surface area contributed by atoms with E-state index < -0.39 is 10.0 Å². The highest BCUT2D eigenvalue weighted by atomic mass is 35.5. The van der Waals surface area contributed by atoms with E-state index in [4.69, 9.17) is 21.1 Å². The highest BCUT2D eigenvalue weighted by molar-refractivity contribution is 7.89. The van der Waals surface area contributed by atoms with Crippen LogP contribution in [-0.2, 0) is 23.0 Å². The lowest BCUT2D eigenvalue weighted by molar-refractivity contribution is 0.142. The average Bonchev–Trinajstić information content (AvgIpc) is 2.88. The molecule has 0 aromatic heterocycles. The molecular formula is C28H33ClN2O4S. The molecule has 0 aliphatic carbocycles. The Balaban J connectivity index is 1.77. The van der Waals surface area contributed by atoms with Gasteiger partial charge in [0.1, 0.15) is 0 Å². The van der Waals surface area contributed by atoms with Crippen molar-refractivity contribution in [3.05, 3.63) is 87.9 Å². The number of halogens is 1. The number of methoxy groups -OCH3 is 2. The van der Waals surface area contributed by atoms with Crippen molar-refractivity contribution in [3.8, 4) is 11.5 Å². The zero-order valence-corrected chi connectivity index (χ0v) is 22.7. The summed E-state index contributed by atoms with van der Waals surface area (Å²) in [7, 11) is -0.517. The second-order valence-corrected chi connectivity index (χ2v) is 11.2. The summed E-state index contributed by atoms with van der Waals surface area (Å²) < 4.78 is 41.0. The molecule has 3 aromatic carbocycles. The summed E-state index contributed by atoms with van der Waals surface area (Å²) >= 11 is 5.99. The Hall–Kier alpha value is -2.58. The molecule has 0 spiro atoms. The maximum Gasteiger partial charge on any atom is 0.240 e. The first-order valence-corrected chi connectivity index (χ1v) is 13.9. The lowest BCUT2D eigenvalue weighted by atomic mass is 9.86. The number of sulfonamides is 1. The molecule has 1 heterocycles. The Bertz CT molecular complexity index is 1310. The minimum atomic E-state index is -3.76. The third kappa shape index (κ3) is 5.54. The summed E-state index contributed by atoms with van der Waals surface area (Å²) in [6.07, 6.45) is 1.44. The van der Waals surface area contributed by atoms with Crippen molar-refractivity contribution < 1.29 is 17.9 Å². The van der Waals surface area contributed by atoms with E-state index in [1.165, 1.54) is 23.3 Å². The summed E-state index contributed by atoms with van der Waals surface area (Å²) in [5.74, 6) is 1.31. The molecule has 2 unspecified atom stereocenters. The molecule has 3 aromatic rings. The largest absolute Gasteiger partial charge is 0.493 e. The number of hydrogen-bond donors (Lipinski definition) is 1. The van der Waals surface area contributed by atoms with Crippen molar-refractivity contribution in [1.82, 2.24) is 9.62 Å². The molecule has 0 fully saturated rings. The first kappa shape index (κ1) is 26.5. The van der Waals surface area contributed by atoms with Crippen LogP contribution in [0.3, 0.4) is 0 Å². The molecule has 1 aliphatic rings. The van der Waals surface area contributed by atoms with E-state index in [-0.39, 0.29) is 17.0 Å². The molecule has 36 heavy (non-hydrogen) atoms. The van der Waals surface area contributed by atoms with Gasteiger partial charge in [-0.25, -0.2) is 13.1 Å². The van der Waals surface area contributed by atoms with Gasteiger partial charge in [0.25, 0.3) is 0 Å². The first-order valence-electron chi connectivity index (χ1n) is 12.1. The van der Waals surface area contributed by atoms with Gasteiger partial charge in [-0.3, -0.25) is 4.90 Å². The second-order valence-electron chi connectivity index (χ2n) is 9.09. The van der Waals surface area contributed by atoms with Crippen LogP contribution in [0, 0.1) is 6.92 Å². The minimum Gasteiger partial charge on any atom is -0.493 e. The van der Waals surface area contributed by atoms with Gasteiger partial charge in [-0.05, 0) is 78.4 Å². The smallest absolute Gasteiger partial charge is 0.240 e. The van der Waals surface area contributed by atoms with Gasteiger partial charge in [0.2, 0.25) is 10.0 Å². The minimum absolute atomic E-state index is 0.194. The van der Waals surface area contributed by atoms with Crippen LogP contribution in [0.4, 0.5) is 0 Å². The number of aryl methyl sites for hydroxylation is 1. The molecule has 4 rings (SSSR count). The number of fused-ring (bicyclic) bond motifs is 1. The Morgan fingerprint density at radius 1 is 1.06 bits per heavy atom. The molecular weight excluding hydrogens is 496 g/mol. The normalized spacial score (nSPS) is 16.9. The van der Waals surface area contributed by atoms with E-state index in [2.05, 4.69) is 28.7 Å². The van der Waals surface area contributed by atoms with E-state index >= 15 is 0 Å². The molecule has 0 saturated carbocycles. The Kier molecular flexibility index (Phi) is 8.25. The number of ether oxygens (including phenoxy) is 2. The molecule has 0 saturated heterocycles. The molecule has 2 atom stereocenters. The van der Waals surface area contributed by atoms with Crippen LogP contribution >= 0.6 is 11.6 Å². The van der Waals surface area contributed by atoms with Crippen molar-refractivity contribution in [2.24, 2.45) is 0 Å². The molecule has 1 aliphatic heterocycles. The van der Waals surface area contributed by atoms with E-state index in [9.17, 15) is 8.42 Å². The van der Waals surface area contributed by atoms with E-state index in [0.717, 1.165) is 24.1 Å². The van der Waals surface area contributed by atoms with Crippen LogP contribution in [0.5, 0.6) is 11.5 Å². The topological polar surface area (TPSA) is 67.9 Å². The summed E-state index contributed by atoms with van der Waals surface area (Å²) in [6, 6.07) is 18.0. The maximum atomic E-state index is 13.4. The lowest BCUT2D eigenvalue weighted by Crippen LogP contribution is -2.48. The zero-order chi connectivity index (χ0) is 25.9. The molecule has 0 bridgehead atoms. The van der Waals surface area contributed by atoms with Gasteiger partial charge in [0.15, 0.2) is 11.5 Å². The Morgan fingerprint density at radius 2 is 1.72 bits per heavy atom. The van der Waals surface area contributed by atoms with Crippen LogP contribution in [0.1, 0.15) is 41.6 Å². The van der Waals surface area contributed by atoms with Crippen molar-refractivity contribution in [2.75, 3.05) is 20.8 Å². The van der Waals surface area contributed by atoms with Crippen LogP contribution in [0.2, 0.25) is 5.02 Å². The third-order valence-electron chi connectivity index (χ3n) is 6.91. The van der Waals surface area contributed by atoms with Crippen molar-refractivity contribution in [3.63, 3.8) is 0 Å². The number of nitrogens with one attached hydrogen (secondary N) is 1. The number of rotatable bonds is 9. The molecule has 0 radical (unpaired) electrons. The SMILES string of the molecule is CCC(NS(=O)(=O)c1ccc(Cl)cc1)C1c2cc(OC)c(OC)cc2CCN1Cc1ccccc1C. The van der Waals surface area contributed by atoms with Crippen LogP contribution in [0.15, 0.2) is 65.6 Å². The second kappa shape index (κ2) is 11.2. The van der Waals surface area contributed by atoms with E-state index in [1.807, 2.05) is 31.2 Å². The zero-order valence-electron chi connectivity index (χ0n) is 21.1. The van der Waals surface area contributed by atoms with Crippen LogP contribution in [0.25, 0.3) is 0 Å². The van der Waals surface area contributed by atoms with Crippen molar-refractivity contribution in [2.45, 2.75) is 50.2 Å². The highest BCUT2D eigenvalue weighted by Crippen LogP contribution is 2.41. The van der Waals surface area contributed by atoms with Crippen LogP contribution < -0.4 is 14.2 Å². The molecule has 192 valence electrons. The fourth-order valence-corrected chi connectivity index (χ4v) is 6.39. The summed E-state index contributed by atoms with van der Waals surface area (Å²) in [4.78, 5) is 2.56. The molecule has 1 N–H and O–H groups in total. The lowest BCUT2D eigenvalue weighted by Gasteiger charge is -2.42. The monoisotopic (exact) mass is 528 g/mol. The highest BCUT2D eigenvalue weighted by Gasteiger charge is 2.36. The Morgan fingerprint density at radius 3 is 2.36 bits per heavy atom. The van der Waals surface area contributed by atoms with Gasteiger partial charge >= 0.3 is 0 Å². The van der Waals surface area contributed by atoms with Gasteiger partial charge in [0, 0.05) is 24.2 Å². The number of benzene rings is 3.